The Balaban J connectivity index is 1.11. The molecule has 12 heteroatoms. The number of halogens is 2. The number of fused-ring (bicyclic) bond motifs is 2. The summed E-state index contributed by atoms with van der Waals surface area (Å²) in [6, 6.07) is 13.0. The molecule has 7 rings (SSSR count). The molecule has 3 aliphatic heterocycles. The van der Waals surface area contributed by atoms with E-state index in [1.54, 1.807) is 24.4 Å². The van der Waals surface area contributed by atoms with Crippen LogP contribution in [0.4, 0.5) is 4.39 Å². The van der Waals surface area contributed by atoms with Crippen LogP contribution in [0.3, 0.4) is 0 Å². The lowest BCUT2D eigenvalue weighted by Crippen LogP contribution is -2.35. The zero-order valence-corrected chi connectivity index (χ0v) is 26.6. The topological polar surface area (TPSA) is 97.2 Å². The van der Waals surface area contributed by atoms with Crippen molar-refractivity contribution in [2.24, 2.45) is 0 Å². The van der Waals surface area contributed by atoms with Gasteiger partial charge >= 0.3 is 5.97 Å². The van der Waals surface area contributed by atoms with Crippen molar-refractivity contribution in [3.05, 3.63) is 76.3 Å². The Morgan fingerprint density at radius 2 is 1.98 bits per heavy atom. The first-order valence-electron chi connectivity index (χ1n) is 15.6. The summed E-state index contributed by atoms with van der Waals surface area (Å²) in [7, 11) is 1.33. The number of piperidine rings is 1. The molecule has 242 valence electrons. The van der Waals surface area contributed by atoms with Crippen LogP contribution in [0.25, 0.3) is 11.0 Å². The molecule has 0 unspecified atom stereocenters. The third kappa shape index (κ3) is 5.87. The molecule has 5 heterocycles. The van der Waals surface area contributed by atoms with E-state index in [2.05, 4.69) is 20.5 Å². The van der Waals surface area contributed by atoms with Gasteiger partial charge in [0.1, 0.15) is 36.1 Å². The predicted octanol–water partition coefficient (Wildman–Crippen LogP) is 6.03. The van der Waals surface area contributed by atoms with Crippen LogP contribution in [-0.2, 0) is 28.4 Å². The highest BCUT2D eigenvalue weighted by Gasteiger charge is 2.42. The van der Waals surface area contributed by atoms with Gasteiger partial charge in [0.05, 0.1) is 42.4 Å². The second kappa shape index (κ2) is 12.7. The largest absolute Gasteiger partial charge is 0.488 e. The van der Waals surface area contributed by atoms with Crippen LogP contribution in [0, 0.1) is 0 Å². The number of imidazole rings is 1. The number of aromatic nitrogens is 3. The van der Waals surface area contributed by atoms with Crippen molar-refractivity contribution >= 4 is 28.6 Å². The van der Waals surface area contributed by atoms with Crippen molar-refractivity contribution in [3.8, 4) is 17.2 Å². The van der Waals surface area contributed by atoms with E-state index in [0.717, 1.165) is 61.6 Å². The first kappa shape index (κ1) is 30.7. The minimum absolute atomic E-state index is 0.0648. The molecule has 2 aromatic heterocycles. The van der Waals surface area contributed by atoms with E-state index in [-0.39, 0.29) is 12.7 Å². The van der Waals surface area contributed by atoms with E-state index >= 15 is 0 Å². The summed E-state index contributed by atoms with van der Waals surface area (Å²) in [5.74, 6) is 1.46. The lowest BCUT2D eigenvalue weighted by molar-refractivity contribution is -0.0722. The van der Waals surface area contributed by atoms with Crippen molar-refractivity contribution in [3.63, 3.8) is 0 Å². The van der Waals surface area contributed by atoms with Crippen LogP contribution in [0.5, 0.6) is 17.2 Å². The predicted molar refractivity (Wildman–Crippen MR) is 168 cm³/mol. The maximum Gasteiger partial charge on any atom is 0.338 e. The molecule has 2 atom stereocenters. The smallest absolute Gasteiger partial charge is 0.338 e. The first-order valence-corrected chi connectivity index (χ1v) is 16.0. The number of carbonyl (C=O) groups excluding carboxylic acids is 1. The number of rotatable bonds is 10. The van der Waals surface area contributed by atoms with Gasteiger partial charge < -0.3 is 28.3 Å². The molecular weight excluding hydrogens is 615 g/mol. The van der Waals surface area contributed by atoms with Gasteiger partial charge in [-0.3, -0.25) is 9.88 Å². The minimum Gasteiger partial charge on any atom is -0.488 e. The number of benzene rings is 2. The number of pyridine rings is 1. The molecule has 0 N–H and O–H groups in total. The molecule has 0 bridgehead atoms. The fraction of sp³-hybridized carbons (Fsp3) is 0.441. The Hall–Kier alpha value is -3.93. The average molecular weight is 651 g/mol. The zero-order valence-electron chi connectivity index (χ0n) is 25.8. The second-order valence-corrected chi connectivity index (χ2v) is 12.5. The summed E-state index contributed by atoms with van der Waals surface area (Å²) < 4.78 is 44.4. The Kier molecular flexibility index (Phi) is 8.48. The van der Waals surface area contributed by atoms with Crippen LogP contribution in [-0.4, -0.2) is 71.6 Å². The molecule has 2 fully saturated rings. The van der Waals surface area contributed by atoms with Gasteiger partial charge in [0.2, 0.25) is 0 Å². The Morgan fingerprint density at radius 1 is 1.15 bits per heavy atom. The lowest BCUT2D eigenvalue weighted by Gasteiger charge is -2.33. The molecule has 0 saturated carbocycles. The number of ether oxygens (including phenoxy) is 5. The number of likely N-dealkylation sites (tertiary alicyclic amines) is 1. The molecule has 46 heavy (non-hydrogen) atoms. The summed E-state index contributed by atoms with van der Waals surface area (Å²) in [6.45, 7) is 4.74. The maximum absolute atomic E-state index is 13.1. The maximum atomic E-state index is 13.1. The summed E-state index contributed by atoms with van der Waals surface area (Å²) >= 11 is 6.06. The number of esters is 1. The Labute approximate surface area is 271 Å². The van der Waals surface area contributed by atoms with E-state index in [1.165, 1.54) is 7.11 Å². The van der Waals surface area contributed by atoms with Crippen molar-refractivity contribution in [1.29, 1.82) is 0 Å². The normalized spacial score (nSPS) is 21.3. The summed E-state index contributed by atoms with van der Waals surface area (Å²) in [5, 5.41) is 0.554. The molecular formula is C34H36ClFN4O6. The summed E-state index contributed by atoms with van der Waals surface area (Å²) in [5.41, 5.74) is 3.46. The fourth-order valence-corrected chi connectivity index (χ4v) is 6.62. The molecule has 0 radical (unpaired) electrons. The van der Waals surface area contributed by atoms with Crippen LogP contribution in [0.15, 0.2) is 48.7 Å². The van der Waals surface area contributed by atoms with Gasteiger partial charge in [0, 0.05) is 25.3 Å². The van der Waals surface area contributed by atoms with Crippen molar-refractivity contribution in [2.45, 2.75) is 57.1 Å². The highest BCUT2D eigenvalue weighted by atomic mass is 35.5. The molecule has 2 aromatic carbocycles. The Bertz CT molecular complexity index is 1740. The first-order chi connectivity index (χ1) is 22.3. The number of hydrogen-bond donors (Lipinski definition) is 0. The number of para-hydroxylation sites is 1. The monoisotopic (exact) mass is 650 g/mol. The number of methoxy groups -OCH3 is 1. The van der Waals surface area contributed by atoms with Gasteiger partial charge in [-0.1, -0.05) is 23.7 Å². The Morgan fingerprint density at radius 3 is 2.67 bits per heavy atom. The molecule has 2 saturated heterocycles. The fourth-order valence-electron chi connectivity index (χ4n) is 6.51. The van der Waals surface area contributed by atoms with E-state index in [4.69, 9.17) is 40.3 Å². The molecule has 0 amide bonds. The molecule has 0 spiro atoms. The van der Waals surface area contributed by atoms with Gasteiger partial charge in [-0.05, 0) is 68.6 Å². The standard InChI is InChI=1S/C34H36ClFN4O6/c1-34(29-7-6-23(35)18-37-29)45-27-5-3-4-25(32(27)46-34)21-8-12-39(13-9-21)20-30-38-31-26(40(30)19-24-10-14-43-24)16-22(33(41)42-2)17-28(31)44-15-11-36/h3-7,16-18,21,24H,8-15,19-20H2,1-2H3/t24-,34-/m0/s1. The second-order valence-electron chi connectivity index (χ2n) is 12.0. The summed E-state index contributed by atoms with van der Waals surface area (Å²) in [4.78, 5) is 24.3. The van der Waals surface area contributed by atoms with Gasteiger partial charge in [0.25, 0.3) is 5.79 Å². The third-order valence-corrected chi connectivity index (χ3v) is 9.25. The quantitative estimate of drug-likeness (QED) is 0.191. The summed E-state index contributed by atoms with van der Waals surface area (Å²) in [6.07, 6.45) is 4.47. The minimum atomic E-state index is -1.03. The van der Waals surface area contributed by atoms with Crippen molar-refractivity contribution < 1.29 is 32.9 Å². The average Bonchev–Trinajstić information content (AvgIpc) is 3.58. The lowest BCUT2D eigenvalue weighted by atomic mass is 9.88. The number of alkyl halides is 1. The zero-order chi connectivity index (χ0) is 31.8. The highest BCUT2D eigenvalue weighted by molar-refractivity contribution is 6.30. The third-order valence-electron chi connectivity index (χ3n) is 9.03. The van der Waals surface area contributed by atoms with Crippen LogP contribution < -0.4 is 14.2 Å². The van der Waals surface area contributed by atoms with Crippen molar-refractivity contribution in [2.75, 3.05) is 40.1 Å². The number of carbonyl (C=O) groups is 1. The number of nitrogens with zero attached hydrogens (tertiary/aromatic N) is 4. The van der Waals surface area contributed by atoms with E-state index in [9.17, 15) is 9.18 Å². The number of hydrogen-bond acceptors (Lipinski definition) is 9. The SMILES string of the molecule is COC(=O)c1cc(OCCF)c2nc(CN3CCC(c4cccc5c4O[C@@](C)(c4ccc(Cl)cn4)O5)CC3)n(C[C@@H]3CCO3)c2c1. The molecule has 10 nitrogen and oxygen atoms in total. The van der Waals surface area contributed by atoms with Crippen LogP contribution in [0.2, 0.25) is 5.02 Å². The van der Waals surface area contributed by atoms with Crippen molar-refractivity contribution in [1.82, 2.24) is 19.4 Å². The highest BCUT2D eigenvalue weighted by Crippen LogP contribution is 2.49. The van der Waals surface area contributed by atoms with Crippen LogP contribution in [0.1, 0.15) is 59.5 Å². The van der Waals surface area contributed by atoms with Gasteiger partial charge in [-0.25, -0.2) is 14.2 Å². The van der Waals surface area contributed by atoms with E-state index < -0.39 is 18.4 Å². The van der Waals surface area contributed by atoms with Gasteiger partial charge in [-0.2, -0.15) is 0 Å². The van der Waals surface area contributed by atoms with Gasteiger partial charge in [-0.15, -0.1) is 0 Å². The van der Waals surface area contributed by atoms with Crippen LogP contribution >= 0.6 is 11.6 Å². The van der Waals surface area contributed by atoms with E-state index in [0.29, 0.717) is 52.3 Å². The molecule has 0 aliphatic carbocycles. The molecule has 3 aliphatic rings. The van der Waals surface area contributed by atoms with Gasteiger partial charge in [0.15, 0.2) is 11.5 Å². The molecule has 4 aromatic rings. The van der Waals surface area contributed by atoms with E-state index in [1.807, 2.05) is 25.1 Å².